The van der Waals surface area contributed by atoms with Crippen LogP contribution in [0.15, 0.2) is 30.5 Å². The minimum atomic E-state index is -6.07. The number of aromatic nitrogens is 2. The molecule has 25 heavy (non-hydrogen) atoms. The van der Waals surface area contributed by atoms with E-state index < -0.39 is 40.6 Å². The van der Waals surface area contributed by atoms with Gasteiger partial charge in [0.1, 0.15) is 11.3 Å². The third kappa shape index (κ3) is 2.69. The minimum absolute atomic E-state index is 0.252. The fourth-order valence-corrected chi connectivity index (χ4v) is 2.53. The maximum atomic E-state index is 13.6. The number of aryl methyl sites for hydroxylation is 1. The first-order valence-corrected chi connectivity index (χ1v) is 6.77. The maximum absolute atomic E-state index is 13.6. The molecule has 0 bridgehead atoms. The molecule has 0 fully saturated rings. The van der Waals surface area contributed by atoms with Crippen molar-refractivity contribution < 1.29 is 35.1 Å². The van der Waals surface area contributed by atoms with Crippen LogP contribution in [0.1, 0.15) is 16.8 Å². The van der Waals surface area contributed by atoms with Crippen molar-refractivity contribution in [1.29, 1.82) is 0 Å². The number of nitrogens with zero attached hydrogens (tertiary/aromatic N) is 2. The first-order chi connectivity index (χ1) is 11.3. The molecule has 0 unspecified atom stereocenters. The molecule has 0 aliphatic rings. The quantitative estimate of drug-likeness (QED) is 0.521. The molecular weight excluding hydrogens is 360 g/mol. The summed E-state index contributed by atoms with van der Waals surface area (Å²) < 4.78 is 106. The molecule has 0 spiro atoms. The van der Waals surface area contributed by atoms with Crippen molar-refractivity contribution in [2.75, 3.05) is 0 Å². The second-order valence-corrected chi connectivity index (χ2v) is 5.51. The van der Waals surface area contributed by atoms with Crippen LogP contribution in [0.5, 0.6) is 0 Å². The third-order valence-electron chi connectivity index (χ3n) is 3.66. The molecule has 3 aromatic rings. The summed E-state index contributed by atoms with van der Waals surface area (Å²) in [6.45, 7) is 1.59. The van der Waals surface area contributed by atoms with Gasteiger partial charge in [0.2, 0.25) is 0 Å². The molecule has 0 saturated heterocycles. The first kappa shape index (κ1) is 17.4. The number of alkyl halides is 8. The van der Waals surface area contributed by atoms with Crippen LogP contribution in [0, 0.1) is 6.92 Å². The Morgan fingerprint density at radius 2 is 1.56 bits per heavy atom. The van der Waals surface area contributed by atoms with Crippen molar-refractivity contribution in [3.05, 3.63) is 47.3 Å². The van der Waals surface area contributed by atoms with Gasteiger partial charge in [-0.15, -0.1) is 0 Å². The van der Waals surface area contributed by atoms with E-state index in [0.717, 1.165) is 10.5 Å². The summed E-state index contributed by atoms with van der Waals surface area (Å²) in [6, 6.07) is 3.57. The highest BCUT2D eigenvalue weighted by Crippen LogP contribution is 2.45. The summed E-state index contributed by atoms with van der Waals surface area (Å²) in [6.07, 6.45) is -9.90. The highest BCUT2D eigenvalue weighted by atomic mass is 19.4. The number of hydrogen-bond donors (Lipinski definition) is 0. The van der Waals surface area contributed by atoms with Crippen LogP contribution in [0.2, 0.25) is 0 Å². The van der Waals surface area contributed by atoms with Crippen LogP contribution in [0.3, 0.4) is 0 Å². The van der Waals surface area contributed by atoms with Gasteiger partial charge in [0.05, 0.1) is 5.56 Å². The molecule has 0 saturated carbocycles. The van der Waals surface area contributed by atoms with Crippen molar-refractivity contribution in [2.24, 2.45) is 0 Å². The SMILES string of the molecule is Cc1cc2ccc3c(C(F)(F)F)cc(C(F)(F)C(F)(F)F)nc3n2c1. The van der Waals surface area contributed by atoms with E-state index in [-0.39, 0.29) is 6.07 Å². The summed E-state index contributed by atoms with van der Waals surface area (Å²) in [5.41, 5.74) is -3.34. The van der Waals surface area contributed by atoms with Crippen molar-refractivity contribution in [3.63, 3.8) is 0 Å². The second-order valence-electron chi connectivity index (χ2n) is 5.51. The zero-order valence-corrected chi connectivity index (χ0v) is 12.3. The predicted octanol–water partition coefficient (Wildman–Crippen LogP) is 5.47. The fourth-order valence-electron chi connectivity index (χ4n) is 2.53. The lowest BCUT2D eigenvalue weighted by Gasteiger charge is -2.21. The molecule has 2 nitrogen and oxygen atoms in total. The van der Waals surface area contributed by atoms with Gasteiger partial charge in [0.25, 0.3) is 0 Å². The van der Waals surface area contributed by atoms with Gasteiger partial charge in [0, 0.05) is 17.1 Å². The molecule has 134 valence electrons. The Morgan fingerprint density at radius 1 is 0.920 bits per heavy atom. The molecule has 3 rings (SSSR count). The molecular formula is C15H8F8N2. The van der Waals surface area contributed by atoms with Gasteiger partial charge in [-0.1, -0.05) is 0 Å². The lowest BCUT2D eigenvalue weighted by Crippen LogP contribution is -2.35. The van der Waals surface area contributed by atoms with Crippen molar-refractivity contribution in [2.45, 2.75) is 25.2 Å². The van der Waals surface area contributed by atoms with E-state index in [1.54, 1.807) is 6.92 Å². The van der Waals surface area contributed by atoms with Crippen LogP contribution >= 0.6 is 0 Å². The topological polar surface area (TPSA) is 17.3 Å². The smallest absolute Gasteiger partial charge is 0.301 e. The van der Waals surface area contributed by atoms with Gasteiger partial charge >= 0.3 is 18.3 Å². The van der Waals surface area contributed by atoms with Crippen LogP contribution in [0.4, 0.5) is 35.1 Å². The van der Waals surface area contributed by atoms with E-state index in [2.05, 4.69) is 4.98 Å². The molecule has 0 amide bonds. The maximum Gasteiger partial charge on any atom is 0.459 e. The van der Waals surface area contributed by atoms with Crippen molar-refractivity contribution in [3.8, 4) is 0 Å². The standard InChI is InChI=1S/C15H8F8N2/c1-7-4-8-2-3-9-10(14(18,19)20)5-11(13(16,17)15(21,22)23)24-12(9)25(8)6-7/h2-6H,1H3. The highest BCUT2D eigenvalue weighted by molar-refractivity contribution is 5.84. The number of hydrogen-bond acceptors (Lipinski definition) is 1. The largest absolute Gasteiger partial charge is 0.459 e. The van der Waals surface area contributed by atoms with E-state index in [0.29, 0.717) is 11.1 Å². The summed E-state index contributed by atoms with van der Waals surface area (Å²) in [7, 11) is 0. The Morgan fingerprint density at radius 3 is 2.12 bits per heavy atom. The predicted molar refractivity (Wildman–Crippen MR) is 72.4 cm³/mol. The highest BCUT2D eigenvalue weighted by Gasteiger charge is 2.60. The number of halogens is 8. The van der Waals surface area contributed by atoms with Crippen LogP contribution in [-0.2, 0) is 12.1 Å². The van der Waals surface area contributed by atoms with Gasteiger partial charge in [-0.25, -0.2) is 4.98 Å². The molecule has 0 N–H and O–H groups in total. The van der Waals surface area contributed by atoms with E-state index in [1.807, 2.05) is 0 Å². The zero-order chi connectivity index (χ0) is 18.8. The Balaban J connectivity index is 2.46. The average molecular weight is 368 g/mol. The van der Waals surface area contributed by atoms with E-state index >= 15 is 0 Å². The number of pyridine rings is 2. The fraction of sp³-hybridized carbons (Fsp3) is 0.267. The molecule has 0 aromatic carbocycles. The van der Waals surface area contributed by atoms with E-state index in [1.165, 1.54) is 18.3 Å². The van der Waals surface area contributed by atoms with Gasteiger partial charge in [-0.05, 0) is 36.8 Å². The molecule has 0 aliphatic heterocycles. The van der Waals surface area contributed by atoms with Crippen LogP contribution < -0.4 is 0 Å². The molecule has 0 aliphatic carbocycles. The van der Waals surface area contributed by atoms with Gasteiger partial charge in [0.15, 0.2) is 0 Å². The lowest BCUT2D eigenvalue weighted by molar-refractivity contribution is -0.291. The van der Waals surface area contributed by atoms with Gasteiger partial charge < -0.3 is 4.40 Å². The summed E-state index contributed by atoms with van der Waals surface area (Å²) in [5, 5.41) is -0.572. The Labute approximate surface area is 134 Å². The first-order valence-electron chi connectivity index (χ1n) is 6.77. The molecule has 0 radical (unpaired) electrons. The Bertz CT molecular complexity index is 965. The summed E-state index contributed by atoms with van der Waals surface area (Å²) >= 11 is 0. The Hall–Kier alpha value is -2.39. The molecule has 0 atom stereocenters. The zero-order valence-electron chi connectivity index (χ0n) is 12.3. The van der Waals surface area contributed by atoms with E-state index in [9.17, 15) is 35.1 Å². The Kier molecular flexibility index (Phi) is 3.53. The number of rotatable bonds is 1. The molecule has 3 heterocycles. The summed E-state index contributed by atoms with van der Waals surface area (Å²) in [4.78, 5) is 3.22. The molecule has 10 heteroatoms. The second kappa shape index (κ2) is 5.06. The minimum Gasteiger partial charge on any atom is -0.301 e. The van der Waals surface area contributed by atoms with Crippen LogP contribution in [-0.4, -0.2) is 15.6 Å². The van der Waals surface area contributed by atoms with Crippen molar-refractivity contribution >= 4 is 16.6 Å². The monoisotopic (exact) mass is 368 g/mol. The normalized spacial score (nSPS) is 13.8. The number of fused-ring (bicyclic) bond motifs is 3. The summed E-state index contributed by atoms with van der Waals surface area (Å²) in [5.74, 6) is -5.52. The lowest BCUT2D eigenvalue weighted by atomic mass is 10.1. The van der Waals surface area contributed by atoms with Gasteiger partial charge in [-0.2, -0.15) is 35.1 Å². The average Bonchev–Trinajstić information content (AvgIpc) is 2.84. The van der Waals surface area contributed by atoms with Gasteiger partial charge in [-0.3, -0.25) is 0 Å². The van der Waals surface area contributed by atoms with Crippen molar-refractivity contribution in [1.82, 2.24) is 9.38 Å². The van der Waals surface area contributed by atoms with Crippen LogP contribution in [0.25, 0.3) is 16.6 Å². The molecule has 3 aromatic heterocycles. The van der Waals surface area contributed by atoms with E-state index in [4.69, 9.17) is 0 Å². The third-order valence-corrected chi connectivity index (χ3v) is 3.66.